The van der Waals surface area contributed by atoms with Gasteiger partial charge in [0.1, 0.15) is 5.02 Å². The lowest BCUT2D eigenvalue weighted by Crippen LogP contribution is -2.20. The van der Waals surface area contributed by atoms with E-state index in [0.717, 1.165) is 5.56 Å². The number of carboxylic acids is 1. The summed E-state index contributed by atoms with van der Waals surface area (Å²) in [7, 11) is 0. The number of nitrogens with zero attached hydrogens (tertiary/aromatic N) is 1. The van der Waals surface area contributed by atoms with Gasteiger partial charge in [-0.15, -0.1) is 0 Å². The molecular formula is C17H13ClN2O5. The van der Waals surface area contributed by atoms with Crippen LogP contribution in [0, 0.1) is 10.1 Å². The normalized spacial score (nSPS) is 10.6. The fourth-order valence-electron chi connectivity index (χ4n) is 1.96. The molecule has 0 spiro atoms. The first-order valence-electron chi connectivity index (χ1n) is 7.09. The van der Waals surface area contributed by atoms with Crippen LogP contribution in [-0.4, -0.2) is 21.9 Å². The Balaban J connectivity index is 1.95. The molecule has 0 atom stereocenters. The number of halogens is 1. The van der Waals surface area contributed by atoms with Crippen LogP contribution in [0.25, 0.3) is 6.08 Å². The van der Waals surface area contributed by atoms with Crippen LogP contribution in [0.2, 0.25) is 5.02 Å². The van der Waals surface area contributed by atoms with Crippen LogP contribution in [0.15, 0.2) is 48.5 Å². The number of nitro groups is 1. The molecule has 0 fully saturated rings. The maximum atomic E-state index is 11.8. The highest BCUT2D eigenvalue weighted by Crippen LogP contribution is 2.25. The molecular weight excluding hydrogens is 348 g/mol. The summed E-state index contributed by atoms with van der Waals surface area (Å²) in [5.41, 5.74) is 1.15. The van der Waals surface area contributed by atoms with Gasteiger partial charge in [-0.05, 0) is 35.4 Å². The number of rotatable bonds is 6. The lowest BCUT2D eigenvalue weighted by Gasteiger charge is -2.03. The van der Waals surface area contributed by atoms with E-state index in [4.69, 9.17) is 16.7 Å². The third kappa shape index (κ3) is 5.15. The molecule has 8 heteroatoms. The monoisotopic (exact) mass is 360 g/mol. The largest absolute Gasteiger partial charge is 0.478 e. The minimum absolute atomic E-state index is 0.0245. The number of carboxylic acid groups (broad SMARTS) is 1. The molecule has 0 aromatic heterocycles. The van der Waals surface area contributed by atoms with Gasteiger partial charge < -0.3 is 10.4 Å². The summed E-state index contributed by atoms with van der Waals surface area (Å²) >= 11 is 5.72. The Hall–Kier alpha value is -3.19. The van der Waals surface area contributed by atoms with Gasteiger partial charge in [-0.1, -0.05) is 29.8 Å². The maximum absolute atomic E-state index is 11.8. The van der Waals surface area contributed by atoms with Gasteiger partial charge in [0.15, 0.2) is 0 Å². The number of carbonyl (C=O) groups excluding carboxylic acids is 1. The maximum Gasteiger partial charge on any atom is 0.335 e. The fraction of sp³-hybridized carbons (Fsp3) is 0.0588. The first-order chi connectivity index (χ1) is 11.9. The summed E-state index contributed by atoms with van der Waals surface area (Å²) in [4.78, 5) is 32.8. The number of nitro benzene ring substituents is 1. The molecule has 2 rings (SSSR count). The lowest BCUT2D eigenvalue weighted by atomic mass is 10.1. The van der Waals surface area contributed by atoms with Crippen LogP contribution in [-0.2, 0) is 11.3 Å². The fourth-order valence-corrected chi connectivity index (χ4v) is 2.15. The van der Waals surface area contributed by atoms with Crippen LogP contribution >= 0.6 is 11.6 Å². The zero-order valence-corrected chi connectivity index (χ0v) is 13.6. The first kappa shape index (κ1) is 18.2. The summed E-state index contributed by atoms with van der Waals surface area (Å²) in [6, 6.07) is 10.3. The second kappa shape index (κ2) is 8.07. The Morgan fingerprint density at radius 2 is 1.88 bits per heavy atom. The van der Waals surface area contributed by atoms with Crippen molar-refractivity contribution in [1.29, 1.82) is 0 Å². The first-order valence-corrected chi connectivity index (χ1v) is 7.46. The zero-order chi connectivity index (χ0) is 18.4. The molecule has 0 aliphatic heterocycles. The van der Waals surface area contributed by atoms with Crippen molar-refractivity contribution in [1.82, 2.24) is 5.32 Å². The van der Waals surface area contributed by atoms with Crippen molar-refractivity contribution in [3.8, 4) is 0 Å². The molecule has 0 bridgehead atoms. The van der Waals surface area contributed by atoms with Gasteiger partial charge in [0.2, 0.25) is 5.91 Å². The molecule has 2 aromatic rings. The number of hydrogen-bond donors (Lipinski definition) is 2. The molecule has 1 amide bonds. The van der Waals surface area contributed by atoms with Gasteiger partial charge in [0.05, 0.1) is 10.5 Å². The third-order valence-corrected chi connectivity index (χ3v) is 3.58. The Morgan fingerprint density at radius 3 is 2.48 bits per heavy atom. The minimum atomic E-state index is -1.02. The van der Waals surface area contributed by atoms with Crippen molar-refractivity contribution in [3.63, 3.8) is 0 Å². The van der Waals surface area contributed by atoms with E-state index in [9.17, 15) is 19.7 Å². The molecule has 2 aromatic carbocycles. The Bertz CT molecular complexity index is 847. The average Bonchev–Trinajstić information content (AvgIpc) is 2.59. The van der Waals surface area contributed by atoms with E-state index in [-0.39, 0.29) is 28.7 Å². The van der Waals surface area contributed by atoms with E-state index in [1.807, 2.05) is 0 Å². The van der Waals surface area contributed by atoms with Gasteiger partial charge in [-0.2, -0.15) is 0 Å². The SMILES string of the molecule is O=C(/C=C/c1ccc(Cl)c([N+](=O)[O-])c1)NCc1ccc(C(=O)O)cc1. The van der Waals surface area contributed by atoms with Crippen molar-refractivity contribution in [2.75, 3.05) is 0 Å². The predicted molar refractivity (Wildman–Crippen MR) is 92.4 cm³/mol. The van der Waals surface area contributed by atoms with Crippen LogP contribution < -0.4 is 5.32 Å². The summed E-state index contributed by atoms with van der Waals surface area (Å²) in [6.45, 7) is 0.226. The summed E-state index contributed by atoms with van der Waals surface area (Å²) < 4.78 is 0. The van der Waals surface area contributed by atoms with E-state index in [0.29, 0.717) is 5.56 Å². The van der Waals surface area contributed by atoms with Crippen molar-refractivity contribution >= 4 is 35.2 Å². The topological polar surface area (TPSA) is 110 Å². The van der Waals surface area contributed by atoms with Crippen LogP contribution in [0.5, 0.6) is 0 Å². The number of benzene rings is 2. The predicted octanol–water partition coefficient (Wildman–Crippen LogP) is 3.28. The molecule has 2 N–H and O–H groups in total. The number of amides is 1. The standard InChI is InChI=1S/C17H13ClN2O5/c18-14-7-3-11(9-15(14)20(24)25)4-8-16(21)19-10-12-1-5-13(6-2-12)17(22)23/h1-9H,10H2,(H,19,21)(H,22,23)/b8-4+. The van der Waals surface area contributed by atoms with E-state index < -0.39 is 10.9 Å². The third-order valence-electron chi connectivity index (χ3n) is 3.26. The van der Waals surface area contributed by atoms with Crippen molar-refractivity contribution in [3.05, 3.63) is 80.4 Å². The van der Waals surface area contributed by atoms with E-state index >= 15 is 0 Å². The van der Waals surface area contributed by atoms with E-state index in [2.05, 4.69) is 5.32 Å². The van der Waals surface area contributed by atoms with Gasteiger partial charge in [0, 0.05) is 18.7 Å². The highest BCUT2D eigenvalue weighted by atomic mass is 35.5. The molecule has 0 aliphatic rings. The van der Waals surface area contributed by atoms with Gasteiger partial charge in [-0.25, -0.2) is 4.79 Å². The smallest absolute Gasteiger partial charge is 0.335 e. The highest BCUT2D eigenvalue weighted by Gasteiger charge is 2.11. The number of nitrogens with one attached hydrogen (secondary N) is 1. The van der Waals surface area contributed by atoms with E-state index in [1.54, 1.807) is 18.2 Å². The van der Waals surface area contributed by atoms with Crippen molar-refractivity contribution in [2.45, 2.75) is 6.54 Å². The van der Waals surface area contributed by atoms with E-state index in [1.165, 1.54) is 36.4 Å². The molecule has 0 unspecified atom stereocenters. The van der Waals surface area contributed by atoms with Crippen LogP contribution in [0.4, 0.5) is 5.69 Å². The number of hydrogen-bond acceptors (Lipinski definition) is 4. The van der Waals surface area contributed by atoms with Gasteiger partial charge >= 0.3 is 5.97 Å². The van der Waals surface area contributed by atoms with Crippen LogP contribution in [0.1, 0.15) is 21.5 Å². The number of aromatic carboxylic acids is 1. The van der Waals surface area contributed by atoms with Gasteiger partial charge in [0.25, 0.3) is 5.69 Å². The molecule has 0 saturated heterocycles. The molecule has 0 aliphatic carbocycles. The summed E-state index contributed by atoms with van der Waals surface area (Å²) in [5, 5.41) is 22.3. The lowest BCUT2D eigenvalue weighted by molar-refractivity contribution is -0.384. The summed E-state index contributed by atoms with van der Waals surface area (Å²) in [5.74, 6) is -1.41. The van der Waals surface area contributed by atoms with Crippen molar-refractivity contribution in [2.24, 2.45) is 0 Å². The molecule has 0 radical (unpaired) electrons. The highest BCUT2D eigenvalue weighted by molar-refractivity contribution is 6.32. The second-order valence-electron chi connectivity index (χ2n) is 5.02. The Labute approximate surface area is 147 Å². The molecule has 0 saturated carbocycles. The Morgan fingerprint density at radius 1 is 1.20 bits per heavy atom. The quantitative estimate of drug-likeness (QED) is 0.466. The number of carbonyl (C=O) groups is 2. The second-order valence-corrected chi connectivity index (χ2v) is 5.43. The van der Waals surface area contributed by atoms with Crippen LogP contribution in [0.3, 0.4) is 0 Å². The summed E-state index contributed by atoms with van der Waals surface area (Å²) in [6.07, 6.45) is 2.69. The Kier molecular flexibility index (Phi) is 5.86. The molecule has 128 valence electrons. The van der Waals surface area contributed by atoms with Gasteiger partial charge in [-0.3, -0.25) is 14.9 Å². The molecule has 7 nitrogen and oxygen atoms in total. The molecule has 0 heterocycles. The average molecular weight is 361 g/mol. The van der Waals surface area contributed by atoms with Crippen molar-refractivity contribution < 1.29 is 19.6 Å². The minimum Gasteiger partial charge on any atom is -0.478 e. The molecule has 25 heavy (non-hydrogen) atoms. The zero-order valence-electron chi connectivity index (χ0n) is 12.8.